The number of carbonyl (C=O) groups excluding carboxylic acids is 2. The highest BCUT2D eigenvalue weighted by atomic mass is 35.5. The van der Waals surface area contributed by atoms with Crippen molar-refractivity contribution in [2.45, 2.75) is 38.5 Å². The number of hydrogen-bond acceptors (Lipinski definition) is 7. The molecule has 216 valence electrons. The van der Waals surface area contributed by atoms with Crippen LogP contribution in [0.2, 0.25) is 5.02 Å². The van der Waals surface area contributed by atoms with Crippen LogP contribution in [0.1, 0.15) is 60.9 Å². The zero-order valence-corrected chi connectivity index (χ0v) is 24.7. The van der Waals surface area contributed by atoms with Gasteiger partial charge in [-0.2, -0.15) is 0 Å². The molecular weight excluding hydrogens is 544 g/mol. The molecule has 41 heavy (non-hydrogen) atoms. The number of methoxy groups -OCH3 is 1. The maximum atomic E-state index is 12.8. The van der Waals surface area contributed by atoms with Crippen molar-refractivity contribution in [1.29, 1.82) is 0 Å². The average Bonchev–Trinajstić information content (AvgIpc) is 3.30. The number of fused-ring (bicyclic) bond motifs is 2. The van der Waals surface area contributed by atoms with Crippen molar-refractivity contribution in [1.82, 2.24) is 29.7 Å². The third-order valence-corrected chi connectivity index (χ3v) is 7.54. The number of piperazine rings is 1. The number of aromatic nitrogens is 3. The number of halogens is 1. The van der Waals surface area contributed by atoms with E-state index in [2.05, 4.69) is 21.3 Å². The zero-order chi connectivity index (χ0) is 29.3. The Balaban J connectivity index is 1.58. The van der Waals surface area contributed by atoms with Crippen molar-refractivity contribution in [3.05, 3.63) is 82.2 Å². The van der Waals surface area contributed by atoms with E-state index in [9.17, 15) is 9.59 Å². The molecule has 1 aromatic carbocycles. The summed E-state index contributed by atoms with van der Waals surface area (Å²) in [5, 5.41) is 3.58. The fraction of sp³-hybridized carbons (Fsp3) is 0.400. The van der Waals surface area contributed by atoms with E-state index < -0.39 is 17.7 Å². The minimum absolute atomic E-state index is 0.210. The van der Waals surface area contributed by atoms with Gasteiger partial charge < -0.3 is 24.3 Å². The van der Waals surface area contributed by atoms with Crippen molar-refractivity contribution in [3.8, 4) is 0 Å². The molecule has 0 spiro atoms. The summed E-state index contributed by atoms with van der Waals surface area (Å²) in [5.41, 5.74) is 4.76. The summed E-state index contributed by atoms with van der Waals surface area (Å²) in [7, 11) is 3.22. The number of nitrogens with one attached hydrogen (secondary N) is 1. The summed E-state index contributed by atoms with van der Waals surface area (Å²) >= 11 is 6.60. The third kappa shape index (κ3) is 6.08. The van der Waals surface area contributed by atoms with Gasteiger partial charge in [-0.3, -0.25) is 9.88 Å². The van der Waals surface area contributed by atoms with E-state index in [-0.39, 0.29) is 12.1 Å². The largest absolute Gasteiger partial charge is 0.453 e. The van der Waals surface area contributed by atoms with Crippen LogP contribution in [0, 0.1) is 0 Å². The van der Waals surface area contributed by atoms with Crippen LogP contribution in [-0.4, -0.2) is 75.4 Å². The van der Waals surface area contributed by atoms with Gasteiger partial charge in [0.2, 0.25) is 0 Å². The summed E-state index contributed by atoms with van der Waals surface area (Å²) in [6.07, 6.45) is 6.41. The number of nitrogens with zero attached hydrogens (tertiary/aromatic N) is 5. The molecule has 1 saturated heterocycles. The second kappa shape index (κ2) is 11.5. The van der Waals surface area contributed by atoms with Crippen LogP contribution < -0.4 is 5.32 Å². The van der Waals surface area contributed by atoms with Crippen LogP contribution >= 0.6 is 11.6 Å². The number of rotatable bonds is 4. The Morgan fingerprint density at radius 3 is 2.56 bits per heavy atom. The number of benzene rings is 1. The SMILES string of the molecule is COC(=O)NC(C1=Cc2cccnc2[C@@H](N2CCN(C(=O)OC(C)(C)C)CC2)c2ccc(Cl)cc21)c1cncn1C. The van der Waals surface area contributed by atoms with Gasteiger partial charge in [0.1, 0.15) is 5.60 Å². The number of carbonyl (C=O) groups is 2. The molecule has 5 rings (SSSR count). The first kappa shape index (κ1) is 28.6. The number of pyridine rings is 1. The molecule has 1 aliphatic heterocycles. The molecular formula is C30H35ClN6O4. The van der Waals surface area contributed by atoms with E-state index in [0.29, 0.717) is 31.2 Å². The van der Waals surface area contributed by atoms with Crippen molar-refractivity contribution in [3.63, 3.8) is 0 Å². The smallest absolute Gasteiger partial charge is 0.410 e. The van der Waals surface area contributed by atoms with Gasteiger partial charge in [0.25, 0.3) is 0 Å². The van der Waals surface area contributed by atoms with E-state index in [1.165, 1.54) is 7.11 Å². The molecule has 0 radical (unpaired) electrons. The van der Waals surface area contributed by atoms with Crippen molar-refractivity contribution >= 4 is 35.4 Å². The Kier molecular flexibility index (Phi) is 8.06. The third-order valence-electron chi connectivity index (χ3n) is 7.30. The number of alkyl carbamates (subject to hydrolysis) is 1. The van der Waals surface area contributed by atoms with Gasteiger partial charge in [-0.15, -0.1) is 0 Å². The molecule has 2 amide bonds. The van der Waals surface area contributed by atoms with Crippen molar-refractivity contribution < 1.29 is 19.1 Å². The van der Waals surface area contributed by atoms with Gasteiger partial charge in [0.05, 0.1) is 43.1 Å². The highest BCUT2D eigenvalue weighted by Crippen LogP contribution is 2.44. The lowest BCUT2D eigenvalue weighted by molar-refractivity contribution is 0.0118. The molecule has 10 nitrogen and oxygen atoms in total. The number of amides is 2. The first-order valence-electron chi connectivity index (χ1n) is 13.5. The molecule has 1 unspecified atom stereocenters. The molecule has 1 aliphatic carbocycles. The summed E-state index contributed by atoms with van der Waals surface area (Å²) in [5.74, 6) is 0. The number of hydrogen-bond donors (Lipinski definition) is 1. The number of imidazole rings is 1. The topological polar surface area (TPSA) is 102 Å². The van der Waals surface area contributed by atoms with Crippen LogP contribution in [0.3, 0.4) is 0 Å². The predicted octanol–water partition coefficient (Wildman–Crippen LogP) is 5.06. The molecule has 3 heterocycles. The Hall–Kier alpha value is -3.89. The van der Waals surface area contributed by atoms with Gasteiger partial charge in [-0.05, 0) is 67.3 Å². The summed E-state index contributed by atoms with van der Waals surface area (Å²) < 4.78 is 12.5. The zero-order valence-electron chi connectivity index (χ0n) is 23.9. The summed E-state index contributed by atoms with van der Waals surface area (Å²) in [6.45, 7) is 7.92. The summed E-state index contributed by atoms with van der Waals surface area (Å²) in [6, 6.07) is 8.97. The van der Waals surface area contributed by atoms with E-state index in [4.69, 9.17) is 26.1 Å². The molecule has 11 heteroatoms. The van der Waals surface area contributed by atoms with E-state index in [1.54, 1.807) is 23.6 Å². The minimum atomic E-state index is -0.581. The second-order valence-corrected chi connectivity index (χ2v) is 11.6. The maximum Gasteiger partial charge on any atom is 0.410 e. The summed E-state index contributed by atoms with van der Waals surface area (Å²) in [4.78, 5) is 38.6. The molecule has 2 atom stereocenters. The van der Waals surface area contributed by atoms with Gasteiger partial charge >= 0.3 is 12.2 Å². The molecule has 0 saturated carbocycles. The van der Waals surface area contributed by atoms with Crippen LogP contribution in [0.4, 0.5) is 9.59 Å². The lowest BCUT2D eigenvalue weighted by Crippen LogP contribution is -2.51. The highest BCUT2D eigenvalue weighted by Gasteiger charge is 2.36. The molecule has 1 N–H and O–H groups in total. The second-order valence-electron chi connectivity index (χ2n) is 11.2. The quantitative estimate of drug-likeness (QED) is 0.461. The Labute approximate surface area is 244 Å². The highest BCUT2D eigenvalue weighted by molar-refractivity contribution is 6.30. The molecule has 2 aromatic heterocycles. The van der Waals surface area contributed by atoms with Gasteiger partial charge in [-0.1, -0.05) is 23.7 Å². The minimum Gasteiger partial charge on any atom is -0.453 e. The monoisotopic (exact) mass is 578 g/mol. The number of ether oxygens (including phenoxy) is 2. The fourth-order valence-corrected chi connectivity index (χ4v) is 5.59. The van der Waals surface area contributed by atoms with Crippen LogP contribution in [0.15, 0.2) is 49.1 Å². The maximum absolute atomic E-state index is 12.8. The molecule has 2 aliphatic rings. The first-order chi connectivity index (χ1) is 19.6. The molecule has 3 aromatic rings. The fourth-order valence-electron chi connectivity index (χ4n) is 5.42. The van der Waals surface area contributed by atoms with Gasteiger partial charge in [-0.25, -0.2) is 14.6 Å². The Morgan fingerprint density at radius 2 is 1.90 bits per heavy atom. The Morgan fingerprint density at radius 1 is 1.15 bits per heavy atom. The predicted molar refractivity (Wildman–Crippen MR) is 156 cm³/mol. The molecule has 1 fully saturated rings. The standard InChI is InChI=1S/C30H35ClN6O4/c1-30(2,3)41-29(39)37-13-11-36(12-14-37)27-21-9-8-20(31)16-22(21)23(15-19-7-6-10-33-25(19)27)26(34-28(38)40-5)24-17-32-18-35(24)4/h6-10,15-18,26-27H,11-14H2,1-5H3,(H,34,38)/t26?,27-/m0/s1. The van der Waals surface area contributed by atoms with Crippen molar-refractivity contribution in [2.75, 3.05) is 33.3 Å². The van der Waals surface area contributed by atoms with Crippen molar-refractivity contribution in [2.24, 2.45) is 7.05 Å². The van der Waals surface area contributed by atoms with Gasteiger partial charge in [0, 0.05) is 44.4 Å². The lowest BCUT2D eigenvalue weighted by Gasteiger charge is -2.40. The number of aryl methyl sites for hydroxylation is 1. The normalized spacial score (nSPS) is 18.0. The van der Waals surface area contributed by atoms with Gasteiger partial charge in [0.15, 0.2) is 0 Å². The van der Waals surface area contributed by atoms with E-state index in [0.717, 1.165) is 33.7 Å². The first-order valence-corrected chi connectivity index (χ1v) is 13.9. The molecule has 0 bridgehead atoms. The van der Waals surface area contributed by atoms with Crippen LogP contribution in [-0.2, 0) is 16.5 Å². The lowest BCUT2D eigenvalue weighted by atomic mass is 9.90. The average molecular weight is 579 g/mol. The van der Waals surface area contributed by atoms with E-state index in [1.807, 2.05) is 62.7 Å². The van der Waals surface area contributed by atoms with Crippen LogP contribution in [0.25, 0.3) is 11.6 Å². The van der Waals surface area contributed by atoms with Crippen LogP contribution in [0.5, 0.6) is 0 Å². The van der Waals surface area contributed by atoms with E-state index >= 15 is 0 Å². The Bertz CT molecular complexity index is 1470.